The maximum absolute atomic E-state index is 13.4. The average molecular weight is 378 g/mol. The zero-order valence-electron chi connectivity index (χ0n) is 13.7. The largest absolute Gasteiger partial charge is 0.437 e. The van der Waals surface area contributed by atoms with Gasteiger partial charge in [0.1, 0.15) is 12.4 Å². The van der Waals surface area contributed by atoms with Crippen LogP contribution >= 0.6 is 0 Å². The first-order valence-electron chi connectivity index (χ1n) is 7.53. The van der Waals surface area contributed by atoms with Crippen LogP contribution in [-0.4, -0.2) is 37.1 Å². The minimum atomic E-state index is -3.78. The number of nitrogens with zero attached hydrogens (tertiary/aromatic N) is 3. The summed E-state index contributed by atoms with van der Waals surface area (Å²) in [6, 6.07) is 8.39. The Morgan fingerprint density at radius 1 is 1.31 bits per heavy atom. The molecule has 1 aromatic carbocycles. The average Bonchev–Trinajstić information content (AvgIpc) is 3.00. The monoisotopic (exact) mass is 378 g/mol. The molecule has 0 bridgehead atoms. The number of fused-ring (bicyclic) bond motifs is 1. The third-order valence-corrected chi connectivity index (χ3v) is 4.57. The molecule has 0 aliphatic heterocycles. The lowest BCUT2D eigenvalue weighted by Gasteiger charge is -2.21. The number of hydrogen-bond acceptors (Lipinski definition) is 6. The van der Waals surface area contributed by atoms with E-state index in [1.165, 1.54) is 18.2 Å². The first-order valence-corrected chi connectivity index (χ1v) is 9.38. The summed E-state index contributed by atoms with van der Waals surface area (Å²) in [7, 11) is -3.78. The van der Waals surface area contributed by atoms with E-state index in [-0.39, 0.29) is 18.1 Å². The number of hydrogen-bond donors (Lipinski definition) is 1. The number of oxazole rings is 1. The van der Waals surface area contributed by atoms with Gasteiger partial charge in [-0.15, -0.1) is 0 Å². The first-order chi connectivity index (χ1) is 12.3. The number of anilines is 1. The van der Waals surface area contributed by atoms with E-state index in [2.05, 4.69) is 15.3 Å². The normalized spacial score (nSPS) is 11.5. The number of carbonyl (C=O) groups excluding carboxylic acids is 1. The molecular weight excluding hydrogens is 363 g/mol. The van der Waals surface area contributed by atoms with Crippen molar-refractivity contribution >= 4 is 32.8 Å². The van der Waals surface area contributed by atoms with Gasteiger partial charge in [-0.3, -0.25) is 9.10 Å². The van der Waals surface area contributed by atoms with Crippen molar-refractivity contribution in [1.82, 2.24) is 15.3 Å². The van der Waals surface area contributed by atoms with Gasteiger partial charge in [0.25, 0.3) is 0 Å². The lowest BCUT2D eigenvalue weighted by molar-refractivity contribution is -0.119. The Morgan fingerprint density at radius 3 is 2.81 bits per heavy atom. The molecule has 3 aromatic rings. The molecule has 0 aliphatic carbocycles. The zero-order valence-corrected chi connectivity index (χ0v) is 14.5. The summed E-state index contributed by atoms with van der Waals surface area (Å²) in [5.41, 5.74) is 0.956. The van der Waals surface area contributed by atoms with Crippen molar-refractivity contribution in [2.24, 2.45) is 0 Å². The highest BCUT2D eigenvalue weighted by Crippen LogP contribution is 2.18. The van der Waals surface area contributed by atoms with E-state index < -0.39 is 28.3 Å². The van der Waals surface area contributed by atoms with Crippen LogP contribution in [0.4, 0.5) is 10.1 Å². The van der Waals surface area contributed by atoms with Gasteiger partial charge in [-0.2, -0.15) is 4.98 Å². The van der Waals surface area contributed by atoms with Crippen molar-refractivity contribution < 1.29 is 22.0 Å². The second-order valence-electron chi connectivity index (χ2n) is 5.46. The predicted octanol–water partition coefficient (Wildman–Crippen LogP) is 1.44. The van der Waals surface area contributed by atoms with Gasteiger partial charge in [0.15, 0.2) is 11.2 Å². The Balaban J connectivity index is 1.70. The van der Waals surface area contributed by atoms with Gasteiger partial charge in [0.2, 0.25) is 21.8 Å². The maximum Gasteiger partial charge on any atom is 0.241 e. The van der Waals surface area contributed by atoms with Crippen LogP contribution in [0.25, 0.3) is 11.2 Å². The van der Waals surface area contributed by atoms with Gasteiger partial charge < -0.3 is 9.73 Å². The summed E-state index contributed by atoms with van der Waals surface area (Å²) in [6.45, 7) is -0.531. The third-order valence-electron chi connectivity index (χ3n) is 3.43. The Morgan fingerprint density at radius 2 is 2.12 bits per heavy atom. The summed E-state index contributed by atoms with van der Waals surface area (Å²) in [6.07, 6.45) is 2.51. The molecule has 136 valence electrons. The van der Waals surface area contributed by atoms with E-state index >= 15 is 0 Å². The van der Waals surface area contributed by atoms with Gasteiger partial charge in [-0.25, -0.2) is 17.8 Å². The lowest BCUT2D eigenvalue weighted by Crippen LogP contribution is -2.40. The molecule has 1 N–H and O–H groups in total. The Labute approximate surface area is 148 Å². The van der Waals surface area contributed by atoms with Crippen LogP contribution in [0.5, 0.6) is 0 Å². The van der Waals surface area contributed by atoms with Crippen LogP contribution in [0.15, 0.2) is 47.0 Å². The summed E-state index contributed by atoms with van der Waals surface area (Å²) in [4.78, 5) is 20.3. The van der Waals surface area contributed by atoms with E-state index in [9.17, 15) is 17.6 Å². The van der Waals surface area contributed by atoms with Crippen molar-refractivity contribution in [3.63, 3.8) is 0 Å². The topological polar surface area (TPSA) is 105 Å². The van der Waals surface area contributed by atoms with Crippen LogP contribution in [0, 0.1) is 5.82 Å². The highest BCUT2D eigenvalue weighted by atomic mass is 32.2. The fourth-order valence-electron chi connectivity index (χ4n) is 2.28. The molecule has 0 aliphatic rings. The van der Waals surface area contributed by atoms with Crippen molar-refractivity contribution in [3.05, 3.63) is 54.3 Å². The number of benzene rings is 1. The van der Waals surface area contributed by atoms with Gasteiger partial charge in [0.05, 0.1) is 18.5 Å². The quantitative estimate of drug-likeness (QED) is 0.696. The van der Waals surface area contributed by atoms with Gasteiger partial charge in [0, 0.05) is 6.20 Å². The fourth-order valence-corrected chi connectivity index (χ4v) is 3.13. The van der Waals surface area contributed by atoms with E-state index in [4.69, 9.17) is 4.42 Å². The number of amides is 1. The third kappa shape index (κ3) is 4.14. The molecule has 0 atom stereocenters. The molecule has 0 spiro atoms. The van der Waals surface area contributed by atoms with Crippen molar-refractivity contribution in [3.8, 4) is 0 Å². The first kappa shape index (κ1) is 17.8. The molecule has 1 amide bonds. The number of nitrogens with one attached hydrogen (secondary N) is 1. The second kappa shape index (κ2) is 7.08. The Kier molecular flexibility index (Phi) is 4.85. The summed E-state index contributed by atoms with van der Waals surface area (Å²) in [5.74, 6) is -0.950. The lowest BCUT2D eigenvalue weighted by atomic mass is 10.3. The standard InChI is InChI=1S/C16H15FN4O4S/c1-26(23,24)21(12-5-2-4-11(17)8-12)10-14(22)19-9-15-20-16-13(25-15)6-3-7-18-16/h2-8H,9-10H2,1H3,(H,19,22). The van der Waals surface area contributed by atoms with E-state index in [1.807, 2.05) is 0 Å². The molecule has 0 unspecified atom stereocenters. The van der Waals surface area contributed by atoms with Gasteiger partial charge >= 0.3 is 0 Å². The van der Waals surface area contributed by atoms with Crippen LogP contribution in [0.3, 0.4) is 0 Å². The molecular formula is C16H15FN4O4S. The number of halogens is 1. The molecule has 2 aromatic heterocycles. The van der Waals surface area contributed by atoms with E-state index in [0.717, 1.165) is 16.6 Å². The van der Waals surface area contributed by atoms with Crippen molar-refractivity contribution in [2.75, 3.05) is 17.1 Å². The number of rotatable bonds is 6. The summed E-state index contributed by atoms with van der Waals surface area (Å²) >= 11 is 0. The molecule has 0 fully saturated rings. The molecule has 10 heteroatoms. The molecule has 0 saturated carbocycles. The summed E-state index contributed by atoms with van der Waals surface area (Å²) < 4.78 is 43.5. The molecule has 2 heterocycles. The van der Waals surface area contributed by atoms with E-state index in [1.54, 1.807) is 18.3 Å². The van der Waals surface area contributed by atoms with Crippen molar-refractivity contribution in [2.45, 2.75) is 6.54 Å². The second-order valence-corrected chi connectivity index (χ2v) is 7.37. The maximum atomic E-state index is 13.4. The van der Waals surface area contributed by atoms with Crippen LogP contribution in [0.1, 0.15) is 5.89 Å². The minimum absolute atomic E-state index is 0.0318. The Bertz CT molecular complexity index is 1020. The number of sulfonamides is 1. The number of aromatic nitrogens is 2. The van der Waals surface area contributed by atoms with Gasteiger partial charge in [-0.05, 0) is 30.3 Å². The summed E-state index contributed by atoms with van der Waals surface area (Å²) in [5, 5.41) is 2.52. The van der Waals surface area contributed by atoms with Crippen LogP contribution in [-0.2, 0) is 21.4 Å². The number of carbonyl (C=O) groups is 1. The smallest absolute Gasteiger partial charge is 0.241 e. The predicted molar refractivity (Wildman–Crippen MR) is 92.2 cm³/mol. The number of pyridine rings is 1. The SMILES string of the molecule is CS(=O)(=O)N(CC(=O)NCc1nc2ncccc2o1)c1cccc(F)c1. The van der Waals surface area contributed by atoms with E-state index in [0.29, 0.717) is 11.2 Å². The van der Waals surface area contributed by atoms with Gasteiger partial charge in [-0.1, -0.05) is 6.07 Å². The molecule has 26 heavy (non-hydrogen) atoms. The highest BCUT2D eigenvalue weighted by Gasteiger charge is 2.21. The molecule has 3 rings (SSSR count). The minimum Gasteiger partial charge on any atom is -0.437 e. The highest BCUT2D eigenvalue weighted by molar-refractivity contribution is 7.92. The molecule has 0 radical (unpaired) electrons. The molecule has 0 saturated heterocycles. The Hall–Kier alpha value is -3.01. The van der Waals surface area contributed by atoms with Crippen molar-refractivity contribution in [1.29, 1.82) is 0 Å². The molecule has 8 nitrogen and oxygen atoms in total. The zero-order chi connectivity index (χ0) is 18.7. The van der Waals surface area contributed by atoms with Crippen LogP contribution < -0.4 is 9.62 Å². The van der Waals surface area contributed by atoms with Crippen LogP contribution in [0.2, 0.25) is 0 Å². The fraction of sp³-hybridized carbons (Fsp3) is 0.188.